The molecule has 1 amide bonds. The van der Waals surface area contributed by atoms with E-state index in [1.165, 1.54) is 4.40 Å². The average Bonchev–Trinajstić information content (AvgIpc) is 3.18. The first-order chi connectivity index (χ1) is 17.4. The maximum atomic E-state index is 13.9. The zero-order chi connectivity index (χ0) is 26.9. The molecule has 11 heteroatoms. The Balaban J connectivity index is 1.94. The molecule has 1 aromatic carbocycles. The number of fused-ring (bicyclic) bond motifs is 1. The zero-order valence-electron chi connectivity index (χ0n) is 20.2. The molecule has 0 bridgehead atoms. The van der Waals surface area contributed by atoms with Crippen molar-refractivity contribution in [1.82, 2.24) is 24.9 Å². The molecule has 0 fully saturated rings. The number of amides is 1. The number of halogens is 3. The molecule has 8 nitrogen and oxygen atoms in total. The van der Waals surface area contributed by atoms with Gasteiger partial charge in [0.25, 0.3) is 0 Å². The molecule has 0 aliphatic carbocycles. The van der Waals surface area contributed by atoms with E-state index in [1.807, 2.05) is 20.8 Å². The van der Waals surface area contributed by atoms with Crippen molar-refractivity contribution in [2.45, 2.75) is 33.2 Å². The highest BCUT2D eigenvalue weighted by atomic mass is 35.5. The number of nitrogens with two attached hydrogens (primary N) is 1. The minimum absolute atomic E-state index is 0.0690. The summed E-state index contributed by atoms with van der Waals surface area (Å²) < 4.78 is 29.3. The SMILES string of the molecule is CC(C)(C)C#Cc1ccc(-c2ccc(Cl)n3c(N)nnc23)c(C(Cc2cc(F)cc(F)c2)NC(=O)O)n1. The lowest BCUT2D eigenvalue weighted by Gasteiger charge is -2.21. The lowest BCUT2D eigenvalue weighted by molar-refractivity contribution is 0.189. The van der Waals surface area contributed by atoms with Crippen LogP contribution in [0.5, 0.6) is 0 Å². The van der Waals surface area contributed by atoms with Crippen molar-refractivity contribution in [2.24, 2.45) is 5.41 Å². The number of carbonyl (C=O) groups is 1. The molecule has 1 unspecified atom stereocenters. The van der Waals surface area contributed by atoms with Crippen molar-refractivity contribution in [3.63, 3.8) is 0 Å². The third kappa shape index (κ3) is 5.95. The second-order valence-corrected chi connectivity index (χ2v) is 9.79. The number of carboxylic acid groups (broad SMARTS) is 1. The molecule has 0 saturated heterocycles. The summed E-state index contributed by atoms with van der Waals surface area (Å²) in [5.74, 6) is 4.63. The number of benzene rings is 1. The average molecular weight is 525 g/mol. The molecule has 3 aromatic heterocycles. The molecule has 190 valence electrons. The highest BCUT2D eigenvalue weighted by Crippen LogP contribution is 2.33. The van der Waals surface area contributed by atoms with Gasteiger partial charge in [0.05, 0.1) is 11.7 Å². The number of anilines is 1. The van der Waals surface area contributed by atoms with Crippen LogP contribution in [0.1, 0.15) is 43.8 Å². The Morgan fingerprint density at radius 3 is 2.46 bits per heavy atom. The van der Waals surface area contributed by atoms with Crippen molar-refractivity contribution in [3.8, 4) is 23.0 Å². The smallest absolute Gasteiger partial charge is 0.405 e. The topological polar surface area (TPSA) is 118 Å². The minimum Gasteiger partial charge on any atom is -0.465 e. The Kier molecular flexibility index (Phi) is 7.01. The predicted octanol–water partition coefficient (Wildman–Crippen LogP) is 5.25. The van der Waals surface area contributed by atoms with Crippen LogP contribution in [0, 0.1) is 28.9 Å². The Bertz CT molecular complexity index is 1550. The summed E-state index contributed by atoms with van der Waals surface area (Å²) in [4.78, 5) is 16.5. The maximum Gasteiger partial charge on any atom is 0.405 e. The van der Waals surface area contributed by atoms with Gasteiger partial charge in [-0.2, -0.15) is 0 Å². The van der Waals surface area contributed by atoms with E-state index in [9.17, 15) is 18.7 Å². The lowest BCUT2D eigenvalue weighted by Crippen LogP contribution is -2.29. The van der Waals surface area contributed by atoms with E-state index in [1.54, 1.807) is 24.3 Å². The maximum absolute atomic E-state index is 13.9. The van der Waals surface area contributed by atoms with Crippen LogP contribution in [0.2, 0.25) is 5.15 Å². The minimum atomic E-state index is -1.34. The molecule has 4 N–H and O–H groups in total. The predicted molar refractivity (Wildman–Crippen MR) is 136 cm³/mol. The van der Waals surface area contributed by atoms with Crippen molar-refractivity contribution < 1.29 is 18.7 Å². The molecule has 4 aromatic rings. The number of hydrogen-bond donors (Lipinski definition) is 3. The highest BCUT2D eigenvalue weighted by molar-refractivity contribution is 6.30. The summed E-state index contributed by atoms with van der Waals surface area (Å²) in [6, 6.07) is 8.74. The monoisotopic (exact) mass is 524 g/mol. The summed E-state index contributed by atoms with van der Waals surface area (Å²) in [5, 5.41) is 20.3. The summed E-state index contributed by atoms with van der Waals surface area (Å²) in [6.45, 7) is 5.84. The van der Waals surface area contributed by atoms with Crippen LogP contribution in [-0.4, -0.2) is 30.8 Å². The van der Waals surface area contributed by atoms with Crippen molar-refractivity contribution >= 4 is 29.3 Å². The van der Waals surface area contributed by atoms with Crippen LogP contribution in [0.3, 0.4) is 0 Å². The standard InChI is InChI=1S/C26H23ClF2N6O2/c1-26(2,3)9-8-17-4-5-18(19-6-7-21(27)35-23(19)33-34-24(35)30)22(31-17)20(32-25(36)37)12-14-10-15(28)13-16(29)11-14/h4-7,10-11,13,20,32H,12H2,1-3H3,(H2,30,34)(H,36,37). The fourth-order valence-corrected chi connectivity index (χ4v) is 4.04. The fraction of sp³-hybridized carbons (Fsp3) is 0.231. The van der Waals surface area contributed by atoms with Crippen molar-refractivity contribution in [3.05, 3.63) is 76.2 Å². The molecule has 0 saturated carbocycles. The van der Waals surface area contributed by atoms with Gasteiger partial charge in [0.2, 0.25) is 5.95 Å². The van der Waals surface area contributed by atoms with Gasteiger partial charge < -0.3 is 16.2 Å². The van der Waals surface area contributed by atoms with Crippen molar-refractivity contribution in [2.75, 3.05) is 5.73 Å². The van der Waals surface area contributed by atoms with Crippen LogP contribution in [0.4, 0.5) is 19.5 Å². The molecule has 0 radical (unpaired) electrons. The quantitative estimate of drug-likeness (QED) is 0.242. The number of nitrogens with one attached hydrogen (secondary N) is 1. The molecule has 1 atom stereocenters. The number of pyridine rings is 2. The number of hydrogen-bond acceptors (Lipinski definition) is 5. The molecule has 4 rings (SSSR count). The Labute approximate surface area is 216 Å². The van der Waals surface area contributed by atoms with Crippen molar-refractivity contribution in [1.29, 1.82) is 0 Å². The summed E-state index contributed by atoms with van der Waals surface area (Å²) in [7, 11) is 0. The second-order valence-electron chi connectivity index (χ2n) is 9.40. The van der Waals surface area contributed by atoms with Gasteiger partial charge in [0.1, 0.15) is 22.5 Å². The summed E-state index contributed by atoms with van der Waals surface area (Å²) in [6.07, 6.45) is -1.43. The van der Waals surface area contributed by atoms with Gasteiger partial charge in [-0.3, -0.25) is 4.40 Å². The Morgan fingerprint density at radius 2 is 1.81 bits per heavy atom. The third-order valence-electron chi connectivity index (χ3n) is 5.30. The molecule has 37 heavy (non-hydrogen) atoms. The van der Waals surface area contributed by atoms with Crippen LogP contribution >= 0.6 is 11.6 Å². The van der Waals surface area contributed by atoms with Crippen LogP contribution in [0.25, 0.3) is 16.8 Å². The third-order valence-corrected chi connectivity index (χ3v) is 5.60. The van der Waals surface area contributed by atoms with E-state index in [-0.39, 0.29) is 34.2 Å². The number of aromatic nitrogens is 4. The van der Waals surface area contributed by atoms with E-state index in [2.05, 4.69) is 32.3 Å². The van der Waals surface area contributed by atoms with E-state index in [0.717, 1.165) is 18.2 Å². The molecular formula is C26H23ClF2N6O2. The molecule has 0 aliphatic rings. The van der Waals surface area contributed by atoms with Gasteiger partial charge in [-0.15, -0.1) is 10.2 Å². The van der Waals surface area contributed by atoms with E-state index in [4.69, 9.17) is 17.3 Å². The summed E-state index contributed by atoms with van der Waals surface area (Å²) >= 11 is 6.29. The fourth-order valence-electron chi connectivity index (χ4n) is 3.81. The van der Waals surface area contributed by atoms with Gasteiger partial charge in [-0.25, -0.2) is 18.6 Å². The van der Waals surface area contributed by atoms with Crippen LogP contribution in [0.15, 0.2) is 42.5 Å². The largest absolute Gasteiger partial charge is 0.465 e. The second kappa shape index (κ2) is 10.0. The highest BCUT2D eigenvalue weighted by Gasteiger charge is 2.24. The number of rotatable bonds is 5. The van der Waals surface area contributed by atoms with Gasteiger partial charge in [-0.05, 0) is 75.1 Å². The van der Waals surface area contributed by atoms with Crippen LogP contribution < -0.4 is 11.1 Å². The van der Waals surface area contributed by atoms with E-state index < -0.39 is 23.8 Å². The van der Waals surface area contributed by atoms with Gasteiger partial charge >= 0.3 is 6.09 Å². The first kappa shape index (κ1) is 25.9. The summed E-state index contributed by atoms with van der Waals surface area (Å²) in [5.41, 5.74) is 7.87. The number of nitrogen functional groups attached to an aromatic ring is 1. The van der Waals surface area contributed by atoms with E-state index >= 15 is 0 Å². The lowest BCUT2D eigenvalue weighted by atomic mass is 9.95. The van der Waals surface area contributed by atoms with E-state index in [0.29, 0.717) is 22.5 Å². The normalized spacial score (nSPS) is 12.2. The molecule has 0 aliphatic heterocycles. The Morgan fingerprint density at radius 1 is 1.14 bits per heavy atom. The zero-order valence-corrected chi connectivity index (χ0v) is 20.9. The first-order valence-corrected chi connectivity index (χ1v) is 11.6. The van der Waals surface area contributed by atoms with Gasteiger partial charge in [-0.1, -0.05) is 17.5 Å². The van der Waals surface area contributed by atoms with Gasteiger partial charge in [0, 0.05) is 22.6 Å². The van der Waals surface area contributed by atoms with Crippen LogP contribution in [-0.2, 0) is 6.42 Å². The Hall–Kier alpha value is -4.23. The number of nitrogens with zero attached hydrogens (tertiary/aromatic N) is 4. The first-order valence-electron chi connectivity index (χ1n) is 11.2. The molecule has 3 heterocycles. The molecular weight excluding hydrogens is 502 g/mol. The van der Waals surface area contributed by atoms with Gasteiger partial charge in [0.15, 0.2) is 5.65 Å². The molecule has 0 spiro atoms.